The fourth-order valence-electron chi connectivity index (χ4n) is 2.99. The van der Waals surface area contributed by atoms with Gasteiger partial charge in [0.1, 0.15) is 11.5 Å². The van der Waals surface area contributed by atoms with Gasteiger partial charge in [-0.15, -0.1) is 0 Å². The van der Waals surface area contributed by atoms with E-state index in [1.54, 1.807) is 23.8 Å². The van der Waals surface area contributed by atoms with Gasteiger partial charge in [0.05, 0.1) is 17.3 Å². The summed E-state index contributed by atoms with van der Waals surface area (Å²) in [4.78, 5) is 24.9. The van der Waals surface area contributed by atoms with Crippen molar-refractivity contribution in [2.45, 2.75) is 39.3 Å². The topological polar surface area (TPSA) is 69.6 Å². The normalized spacial score (nSPS) is 12.2. The molecule has 3 aromatic rings. The summed E-state index contributed by atoms with van der Waals surface area (Å²) in [5.41, 5.74) is 1.52. The van der Waals surface area contributed by atoms with Gasteiger partial charge < -0.3 is 14.8 Å². The quantitative estimate of drug-likeness (QED) is 0.636. The third-order valence-corrected chi connectivity index (χ3v) is 5.30. The number of thiazole rings is 1. The second kappa shape index (κ2) is 8.48. The van der Waals surface area contributed by atoms with Crippen LogP contribution in [0.25, 0.3) is 10.2 Å². The van der Waals surface area contributed by atoms with Crippen LogP contribution in [0, 0.1) is 0 Å². The summed E-state index contributed by atoms with van der Waals surface area (Å²) < 4.78 is 13.6. The van der Waals surface area contributed by atoms with Gasteiger partial charge in [0, 0.05) is 17.8 Å². The number of aromatic nitrogens is 1. The zero-order chi connectivity index (χ0) is 20.3. The number of carbonyl (C=O) groups excluding carboxylic acids is 1. The molecule has 3 rings (SSSR count). The van der Waals surface area contributed by atoms with Gasteiger partial charge in [-0.2, -0.15) is 0 Å². The largest absolute Gasteiger partial charge is 0.497 e. The maximum absolute atomic E-state index is 12.7. The van der Waals surface area contributed by atoms with Crippen molar-refractivity contribution in [1.82, 2.24) is 4.57 Å². The lowest BCUT2D eigenvalue weighted by Gasteiger charge is -2.18. The van der Waals surface area contributed by atoms with Crippen molar-refractivity contribution in [2.75, 3.05) is 12.4 Å². The molecular weight excluding hydrogens is 376 g/mol. The summed E-state index contributed by atoms with van der Waals surface area (Å²) in [6.45, 7) is 5.85. The Labute approximate surface area is 167 Å². The number of benzene rings is 2. The van der Waals surface area contributed by atoms with E-state index in [9.17, 15) is 9.59 Å². The van der Waals surface area contributed by atoms with Crippen LogP contribution in [0.5, 0.6) is 11.5 Å². The van der Waals surface area contributed by atoms with Gasteiger partial charge in [0.15, 0.2) is 6.10 Å². The smallest absolute Gasteiger partial charge is 0.308 e. The maximum Gasteiger partial charge on any atom is 0.308 e. The number of methoxy groups -OCH3 is 1. The van der Waals surface area contributed by atoms with Gasteiger partial charge in [-0.25, -0.2) is 0 Å². The highest BCUT2D eigenvalue weighted by molar-refractivity contribution is 7.16. The van der Waals surface area contributed by atoms with E-state index in [2.05, 4.69) is 5.32 Å². The van der Waals surface area contributed by atoms with Crippen LogP contribution < -0.4 is 19.7 Å². The van der Waals surface area contributed by atoms with Crippen LogP contribution in [0.2, 0.25) is 0 Å². The fraction of sp³-hybridized carbons (Fsp3) is 0.333. The van der Waals surface area contributed by atoms with Crippen molar-refractivity contribution in [3.05, 3.63) is 52.1 Å². The molecule has 0 unspecified atom stereocenters. The minimum Gasteiger partial charge on any atom is -0.497 e. The summed E-state index contributed by atoms with van der Waals surface area (Å²) >= 11 is 1.18. The van der Waals surface area contributed by atoms with Gasteiger partial charge in [-0.05, 0) is 50.6 Å². The molecular formula is C21H24N2O4S. The van der Waals surface area contributed by atoms with E-state index in [1.807, 2.05) is 51.1 Å². The van der Waals surface area contributed by atoms with Crippen LogP contribution in [0.15, 0.2) is 47.3 Å². The number of hydrogen-bond acceptors (Lipinski definition) is 5. The van der Waals surface area contributed by atoms with Gasteiger partial charge >= 0.3 is 4.87 Å². The highest BCUT2D eigenvalue weighted by Gasteiger charge is 2.19. The molecule has 0 saturated heterocycles. The van der Waals surface area contributed by atoms with Crippen molar-refractivity contribution >= 4 is 33.1 Å². The average molecular weight is 401 g/mol. The molecule has 0 aliphatic carbocycles. The molecule has 1 atom stereocenters. The Kier molecular flexibility index (Phi) is 6.04. The summed E-state index contributed by atoms with van der Waals surface area (Å²) in [7, 11) is 1.58. The van der Waals surface area contributed by atoms with Gasteiger partial charge in [0.25, 0.3) is 5.91 Å². The van der Waals surface area contributed by atoms with Crippen molar-refractivity contribution in [1.29, 1.82) is 0 Å². The molecule has 148 valence electrons. The van der Waals surface area contributed by atoms with Crippen LogP contribution in [0.3, 0.4) is 0 Å². The number of rotatable bonds is 7. The number of nitrogens with zero attached hydrogens (tertiary/aromatic N) is 1. The first-order valence-electron chi connectivity index (χ1n) is 9.19. The first-order chi connectivity index (χ1) is 13.4. The molecule has 1 amide bonds. The molecule has 7 heteroatoms. The Morgan fingerprint density at radius 3 is 2.61 bits per heavy atom. The van der Waals surface area contributed by atoms with Crippen molar-refractivity contribution in [3.8, 4) is 11.5 Å². The van der Waals surface area contributed by atoms with Crippen molar-refractivity contribution in [3.63, 3.8) is 0 Å². The molecule has 0 radical (unpaired) electrons. The fourth-order valence-corrected chi connectivity index (χ4v) is 4.04. The highest BCUT2D eigenvalue weighted by atomic mass is 32.1. The monoisotopic (exact) mass is 400 g/mol. The van der Waals surface area contributed by atoms with Crippen LogP contribution in [-0.4, -0.2) is 23.7 Å². The molecule has 0 saturated carbocycles. The lowest BCUT2D eigenvalue weighted by atomic mass is 10.2. The second-order valence-corrected chi connectivity index (χ2v) is 7.69. The van der Waals surface area contributed by atoms with E-state index in [1.165, 1.54) is 11.3 Å². The average Bonchev–Trinajstić information content (AvgIpc) is 3.01. The number of anilines is 1. The lowest BCUT2D eigenvalue weighted by Crippen LogP contribution is -2.32. The number of amides is 1. The Hall–Kier alpha value is -2.80. The van der Waals surface area contributed by atoms with E-state index in [0.29, 0.717) is 23.6 Å². The Morgan fingerprint density at radius 2 is 1.93 bits per heavy atom. The maximum atomic E-state index is 12.7. The first kappa shape index (κ1) is 19.9. The predicted octanol–water partition coefficient (Wildman–Crippen LogP) is 4.45. The van der Waals surface area contributed by atoms with E-state index >= 15 is 0 Å². The number of carbonyl (C=O) groups is 1. The number of nitrogens with one attached hydrogen (secondary N) is 1. The molecule has 2 aromatic carbocycles. The SMILES string of the molecule is CC[C@@H](Oc1cccc(OC)c1)C(=O)Nc1ccc2c(c1)sc(=O)n2C(C)C. The molecule has 0 aliphatic heterocycles. The van der Waals surface area contributed by atoms with Crippen molar-refractivity contribution < 1.29 is 14.3 Å². The number of ether oxygens (including phenoxy) is 2. The summed E-state index contributed by atoms with van der Waals surface area (Å²) in [5, 5.41) is 2.89. The standard InChI is InChI=1S/C21H24N2O4S/c1-5-18(27-16-8-6-7-15(12-16)26-4)20(24)22-14-9-10-17-19(11-14)28-21(25)23(17)13(2)3/h6-13,18H,5H2,1-4H3,(H,22,24)/t18-/m1/s1. The van der Waals surface area contributed by atoms with Crippen LogP contribution in [0.1, 0.15) is 33.2 Å². The molecule has 0 aliphatic rings. The summed E-state index contributed by atoms with van der Waals surface area (Å²) in [6, 6.07) is 12.8. The molecule has 6 nitrogen and oxygen atoms in total. The minimum atomic E-state index is -0.637. The minimum absolute atomic E-state index is 0.00118. The highest BCUT2D eigenvalue weighted by Crippen LogP contribution is 2.25. The number of fused-ring (bicyclic) bond motifs is 1. The Morgan fingerprint density at radius 1 is 1.18 bits per heavy atom. The summed E-state index contributed by atoms with van der Waals surface area (Å²) in [5.74, 6) is 1.01. The molecule has 0 bridgehead atoms. The third kappa shape index (κ3) is 4.20. The molecule has 1 heterocycles. The van der Waals surface area contributed by atoms with E-state index in [-0.39, 0.29) is 16.8 Å². The van der Waals surface area contributed by atoms with Crippen LogP contribution in [-0.2, 0) is 4.79 Å². The zero-order valence-electron chi connectivity index (χ0n) is 16.4. The van der Waals surface area contributed by atoms with Crippen LogP contribution in [0.4, 0.5) is 5.69 Å². The number of hydrogen-bond donors (Lipinski definition) is 1. The first-order valence-corrected chi connectivity index (χ1v) is 10.0. The van der Waals surface area contributed by atoms with E-state index in [4.69, 9.17) is 9.47 Å². The molecule has 0 spiro atoms. The Balaban J connectivity index is 1.77. The van der Waals surface area contributed by atoms with Gasteiger partial charge in [-0.1, -0.05) is 24.3 Å². The molecule has 28 heavy (non-hydrogen) atoms. The third-order valence-electron chi connectivity index (χ3n) is 4.38. The van der Waals surface area contributed by atoms with Gasteiger partial charge in [-0.3, -0.25) is 14.2 Å². The Bertz CT molecular complexity index is 1040. The second-order valence-electron chi connectivity index (χ2n) is 6.70. The predicted molar refractivity (Wildman–Crippen MR) is 113 cm³/mol. The summed E-state index contributed by atoms with van der Waals surface area (Å²) in [6.07, 6.45) is -0.121. The molecule has 0 fully saturated rings. The van der Waals surface area contributed by atoms with Crippen LogP contribution >= 0.6 is 11.3 Å². The van der Waals surface area contributed by atoms with Crippen molar-refractivity contribution in [2.24, 2.45) is 0 Å². The lowest BCUT2D eigenvalue weighted by molar-refractivity contribution is -0.122. The van der Waals surface area contributed by atoms with E-state index < -0.39 is 6.10 Å². The van der Waals surface area contributed by atoms with Gasteiger partial charge in [0.2, 0.25) is 0 Å². The molecule has 1 aromatic heterocycles. The molecule has 1 N–H and O–H groups in total. The zero-order valence-corrected chi connectivity index (χ0v) is 17.2. The van der Waals surface area contributed by atoms with E-state index in [0.717, 1.165) is 10.2 Å².